The molecule has 0 saturated carbocycles. The number of nitrogens with one attached hydrogen (secondary N) is 2. The van der Waals surface area contributed by atoms with Gasteiger partial charge in [0, 0.05) is 17.9 Å². The number of halogens is 1. The maximum absolute atomic E-state index is 12.9. The molecule has 0 aliphatic rings. The van der Waals surface area contributed by atoms with Gasteiger partial charge in [-0.05, 0) is 43.5 Å². The number of thioether (sulfide) groups is 1. The van der Waals surface area contributed by atoms with E-state index in [0.29, 0.717) is 22.7 Å². The van der Waals surface area contributed by atoms with Crippen molar-refractivity contribution in [2.75, 3.05) is 18.6 Å². The summed E-state index contributed by atoms with van der Waals surface area (Å²) in [7, 11) is 0. The molecular weight excluding hydrogens is 305 g/mol. The first-order valence-electron chi connectivity index (χ1n) is 6.72. The van der Waals surface area contributed by atoms with E-state index >= 15 is 0 Å². The highest BCUT2D eigenvalue weighted by Crippen LogP contribution is 2.18. The van der Waals surface area contributed by atoms with Crippen LogP contribution in [0.5, 0.6) is 0 Å². The molecule has 1 atom stereocenters. The number of hydrogen-bond acceptors (Lipinski definition) is 4. The molecule has 0 fully saturated rings. The van der Waals surface area contributed by atoms with Gasteiger partial charge in [-0.3, -0.25) is 9.89 Å². The summed E-state index contributed by atoms with van der Waals surface area (Å²) in [5.41, 5.74) is 0.598. The number of aromatic amines is 1. The minimum absolute atomic E-state index is 0.150. The molecule has 0 aliphatic heterocycles. The van der Waals surface area contributed by atoms with E-state index < -0.39 is 5.60 Å². The van der Waals surface area contributed by atoms with Crippen molar-refractivity contribution < 1.29 is 14.3 Å². The first-order chi connectivity index (χ1) is 10.4. The van der Waals surface area contributed by atoms with Gasteiger partial charge < -0.3 is 10.4 Å². The second kappa shape index (κ2) is 6.93. The lowest BCUT2D eigenvalue weighted by Crippen LogP contribution is -2.42. The maximum atomic E-state index is 12.9. The van der Waals surface area contributed by atoms with Crippen molar-refractivity contribution in [1.82, 2.24) is 15.5 Å². The highest BCUT2D eigenvalue weighted by atomic mass is 32.2. The van der Waals surface area contributed by atoms with E-state index in [2.05, 4.69) is 15.5 Å². The molecule has 1 aromatic carbocycles. The predicted octanol–water partition coefficient (Wildman–Crippen LogP) is 2.06. The third-order valence-electron chi connectivity index (χ3n) is 3.05. The highest BCUT2D eigenvalue weighted by Gasteiger charge is 2.21. The van der Waals surface area contributed by atoms with Crippen LogP contribution in [0.3, 0.4) is 0 Å². The van der Waals surface area contributed by atoms with Crippen LogP contribution in [-0.2, 0) is 0 Å². The molecule has 22 heavy (non-hydrogen) atoms. The van der Waals surface area contributed by atoms with Crippen molar-refractivity contribution in [2.45, 2.75) is 12.5 Å². The molecule has 1 unspecified atom stereocenters. The van der Waals surface area contributed by atoms with Gasteiger partial charge in [0.1, 0.15) is 11.5 Å². The number of H-pyrrole nitrogens is 1. The van der Waals surface area contributed by atoms with Crippen LogP contribution in [0.4, 0.5) is 4.39 Å². The lowest BCUT2D eigenvalue weighted by molar-refractivity contribution is 0.0722. The van der Waals surface area contributed by atoms with Gasteiger partial charge in [0.2, 0.25) is 0 Å². The Morgan fingerprint density at radius 2 is 2.14 bits per heavy atom. The van der Waals surface area contributed by atoms with E-state index in [4.69, 9.17) is 0 Å². The molecule has 2 aromatic rings. The van der Waals surface area contributed by atoms with E-state index in [0.717, 1.165) is 0 Å². The monoisotopic (exact) mass is 323 g/mol. The number of hydrogen-bond donors (Lipinski definition) is 3. The summed E-state index contributed by atoms with van der Waals surface area (Å²) in [6, 6.07) is 7.45. The van der Waals surface area contributed by atoms with Gasteiger partial charge >= 0.3 is 0 Å². The predicted molar refractivity (Wildman–Crippen MR) is 85.3 cm³/mol. The molecule has 0 aliphatic carbocycles. The Bertz CT molecular complexity index is 640. The Kier molecular flexibility index (Phi) is 5.20. The van der Waals surface area contributed by atoms with Crippen LogP contribution in [-0.4, -0.2) is 45.4 Å². The molecule has 0 bridgehead atoms. The van der Waals surface area contributed by atoms with E-state index in [1.54, 1.807) is 25.1 Å². The number of carbonyl (C=O) groups excluding carboxylic acids is 1. The van der Waals surface area contributed by atoms with Crippen LogP contribution in [0.1, 0.15) is 17.4 Å². The second-order valence-electron chi connectivity index (χ2n) is 5.29. The van der Waals surface area contributed by atoms with Gasteiger partial charge in [-0.15, -0.1) is 0 Å². The molecule has 118 valence electrons. The standard InChI is InChI=1S/C15H18FN3O2S/c1-15(21,9-22-2)8-17-14(20)13-7-12(18-19-13)10-3-5-11(16)6-4-10/h3-7,21H,8-9H2,1-2H3,(H,17,20)(H,18,19). The van der Waals surface area contributed by atoms with E-state index in [1.807, 2.05) is 6.26 Å². The number of benzene rings is 1. The van der Waals surface area contributed by atoms with Gasteiger partial charge in [-0.2, -0.15) is 16.9 Å². The fraction of sp³-hybridized carbons (Fsp3) is 0.333. The number of aromatic nitrogens is 2. The number of amides is 1. The average molecular weight is 323 g/mol. The number of aliphatic hydroxyl groups is 1. The van der Waals surface area contributed by atoms with Crippen molar-refractivity contribution in [3.05, 3.63) is 41.8 Å². The van der Waals surface area contributed by atoms with Crippen molar-refractivity contribution >= 4 is 17.7 Å². The lowest BCUT2D eigenvalue weighted by Gasteiger charge is -2.22. The van der Waals surface area contributed by atoms with Crippen molar-refractivity contribution in [1.29, 1.82) is 0 Å². The summed E-state index contributed by atoms with van der Waals surface area (Å²) in [6.07, 6.45) is 1.89. The SMILES string of the molecule is CSCC(C)(O)CNC(=O)c1cc(-c2ccc(F)cc2)n[nH]1. The minimum Gasteiger partial charge on any atom is -0.387 e. The summed E-state index contributed by atoms with van der Waals surface area (Å²) in [5, 5.41) is 19.4. The van der Waals surface area contributed by atoms with Gasteiger partial charge in [0.05, 0.1) is 11.3 Å². The number of carbonyl (C=O) groups is 1. The van der Waals surface area contributed by atoms with Crippen LogP contribution >= 0.6 is 11.8 Å². The molecule has 1 aromatic heterocycles. The summed E-state index contributed by atoms with van der Waals surface area (Å²) in [5.74, 6) is -0.146. The zero-order valence-corrected chi connectivity index (χ0v) is 13.2. The summed E-state index contributed by atoms with van der Waals surface area (Å²) < 4.78 is 12.9. The first kappa shape index (κ1) is 16.5. The fourth-order valence-corrected chi connectivity index (χ4v) is 2.66. The summed E-state index contributed by atoms with van der Waals surface area (Å²) in [6.45, 7) is 1.82. The molecule has 5 nitrogen and oxygen atoms in total. The Morgan fingerprint density at radius 3 is 2.77 bits per heavy atom. The van der Waals surface area contributed by atoms with Gasteiger partial charge in [-0.1, -0.05) is 0 Å². The van der Waals surface area contributed by atoms with Crippen molar-refractivity contribution in [2.24, 2.45) is 0 Å². The largest absolute Gasteiger partial charge is 0.387 e. The number of rotatable bonds is 6. The Balaban J connectivity index is 2.02. The lowest BCUT2D eigenvalue weighted by atomic mass is 10.1. The quantitative estimate of drug-likeness (QED) is 0.760. The third kappa shape index (κ3) is 4.32. The maximum Gasteiger partial charge on any atom is 0.269 e. The summed E-state index contributed by atoms with van der Waals surface area (Å²) >= 11 is 1.51. The Labute approximate surface area is 132 Å². The normalized spacial score (nSPS) is 13.6. The van der Waals surface area contributed by atoms with E-state index in [-0.39, 0.29) is 18.3 Å². The molecule has 0 saturated heterocycles. The Morgan fingerprint density at radius 1 is 1.45 bits per heavy atom. The van der Waals surface area contributed by atoms with Crippen molar-refractivity contribution in [3.8, 4) is 11.3 Å². The van der Waals surface area contributed by atoms with Gasteiger partial charge in [0.25, 0.3) is 5.91 Å². The van der Waals surface area contributed by atoms with Gasteiger partial charge in [0.15, 0.2) is 0 Å². The van der Waals surface area contributed by atoms with Crippen molar-refractivity contribution in [3.63, 3.8) is 0 Å². The molecule has 1 amide bonds. The molecule has 2 rings (SSSR count). The zero-order chi connectivity index (χ0) is 16.2. The number of nitrogens with zero attached hydrogens (tertiary/aromatic N) is 1. The smallest absolute Gasteiger partial charge is 0.269 e. The minimum atomic E-state index is -0.963. The van der Waals surface area contributed by atoms with E-state index in [1.165, 1.54) is 23.9 Å². The van der Waals surface area contributed by atoms with E-state index in [9.17, 15) is 14.3 Å². The molecule has 3 N–H and O–H groups in total. The average Bonchev–Trinajstić information content (AvgIpc) is 2.95. The zero-order valence-electron chi connectivity index (χ0n) is 12.4. The van der Waals surface area contributed by atoms with Crippen LogP contribution in [0.15, 0.2) is 30.3 Å². The molecule has 7 heteroatoms. The van der Waals surface area contributed by atoms with Crippen LogP contribution in [0.25, 0.3) is 11.3 Å². The molecular formula is C15H18FN3O2S. The second-order valence-corrected chi connectivity index (χ2v) is 6.15. The Hall–Kier alpha value is -1.86. The summed E-state index contributed by atoms with van der Waals surface area (Å²) in [4.78, 5) is 12.0. The van der Waals surface area contributed by atoms with Crippen LogP contribution in [0, 0.1) is 5.82 Å². The molecule has 0 radical (unpaired) electrons. The first-order valence-corrected chi connectivity index (χ1v) is 8.11. The van der Waals surface area contributed by atoms with Gasteiger partial charge in [-0.25, -0.2) is 4.39 Å². The third-order valence-corrected chi connectivity index (χ3v) is 3.96. The fourth-order valence-electron chi connectivity index (χ4n) is 1.93. The van der Waals surface area contributed by atoms with Crippen LogP contribution in [0.2, 0.25) is 0 Å². The topological polar surface area (TPSA) is 78.0 Å². The molecule has 1 heterocycles. The van der Waals surface area contributed by atoms with Crippen LogP contribution < -0.4 is 5.32 Å². The highest BCUT2D eigenvalue weighted by molar-refractivity contribution is 7.98. The molecule has 0 spiro atoms.